The molecule has 2 rings (SSSR count). The first-order chi connectivity index (χ1) is 11.8. The molecule has 140 valence electrons. The van der Waals surface area contributed by atoms with Crippen molar-refractivity contribution in [2.24, 2.45) is 0 Å². The molecule has 1 unspecified atom stereocenters. The number of sulfone groups is 1. The molecule has 1 atom stereocenters. The molecular weight excluding hydrogens is 429 g/mol. The van der Waals surface area contributed by atoms with E-state index in [1.807, 2.05) is 6.92 Å². The van der Waals surface area contributed by atoms with Gasteiger partial charge in [-0.3, -0.25) is 4.79 Å². The molecule has 0 spiro atoms. The van der Waals surface area contributed by atoms with Crippen molar-refractivity contribution in [2.45, 2.75) is 38.0 Å². The number of halogens is 2. The molecule has 0 N–H and O–H groups in total. The first-order valence-electron chi connectivity index (χ1n) is 8.34. The third-order valence-corrected chi connectivity index (χ3v) is 7.43. The summed E-state index contributed by atoms with van der Waals surface area (Å²) in [7, 11) is -3.03. The van der Waals surface area contributed by atoms with E-state index in [9.17, 15) is 17.6 Å². The zero-order chi connectivity index (χ0) is 18.4. The van der Waals surface area contributed by atoms with Crippen molar-refractivity contribution in [1.82, 2.24) is 4.90 Å². The highest BCUT2D eigenvalue weighted by Gasteiger charge is 2.34. The van der Waals surface area contributed by atoms with Gasteiger partial charge < -0.3 is 4.90 Å². The molecule has 0 saturated carbocycles. The molecular formula is C17H23BrFNO3S2. The number of unbranched alkanes of at least 4 members (excludes halogenated alkanes) is 1. The normalized spacial score (nSPS) is 19.1. The fraction of sp³-hybridized carbons (Fsp3) is 0.588. The van der Waals surface area contributed by atoms with Gasteiger partial charge in [0.2, 0.25) is 5.91 Å². The van der Waals surface area contributed by atoms with Crippen LogP contribution in [0.5, 0.6) is 0 Å². The van der Waals surface area contributed by atoms with Crippen molar-refractivity contribution in [1.29, 1.82) is 0 Å². The topological polar surface area (TPSA) is 54.5 Å². The van der Waals surface area contributed by atoms with Gasteiger partial charge in [-0.05, 0) is 30.5 Å². The Balaban J connectivity index is 1.92. The van der Waals surface area contributed by atoms with Crippen LogP contribution in [0.1, 0.15) is 31.7 Å². The van der Waals surface area contributed by atoms with Gasteiger partial charge in [-0.25, -0.2) is 12.8 Å². The second-order valence-corrected chi connectivity index (χ2v) is 10.4. The Hall–Kier alpha value is -0.600. The van der Waals surface area contributed by atoms with Crippen LogP contribution in [0.15, 0.2) is 22.7 Å². The number of amides is 1. The molecule has 0 aliphatic carbocycles. The minimum Gasteiger partial charge on any atom is -0.338 e. The molecule has 0 radical (unpaired) electrons. The predicted molar refractivity (Wildman–Crippen MR) is 104 cm³/mol. The Bertz CT molecular complexity index is 712. The molecule has 1 fully saturated rings. The molecule has 25 heavy (non-hydrogen) atoms. The average Bonchev–Trinajstić information content (AvgIpc) is 2.89. The largest absolute Gasteiger partial charge is 0.338 e. The van der Waals surface area contributed by atoms with Gasteiger partial charge in [0.05, 0.1) is 17.3 Å². The van der Waals surface area contributed by atoms with E-state index in [4.69, 9.17) is 0 Å². The van der Waals surface area contributed by atoms with Crippen molar-refractivity contribution in [3.63, 3.8) is 0 Å². The van der Waals surface area contributed by atoms with E-state index < -0.39 is 9.84 Å². The number of thioether (sulfide) groups is 1. The van der Waals surface area contributed by atoms with E-state index in [0.717, 1.165) is 12.8 Å². The molecule has 1 saturated heterocycles. The summed E-state index contributed by atoms with van der Waals surface area (Å²) < 4.78 is 37.9. The second kappa shape index (κ2) is 9.37. The van der Waals surface area contributed by atoms with Crippen molar-refractivity contribution in [3.05, 3.63) is 34.1 Å². The Morgan fingerprint density at radius 1 is 1.44 bits per heavy atom. The molecule has 4 nitrogen and oxygen atoms in total. The van der Waals surface area contributed by atoms with Crippen molar-refractivity contribution in [3.8, 4) is 0 Å². The van der Waals surface area contributed by atoms with Gasteiger partial charge >= 0.3 is 0 Å². The summed E-state index contributed by atoms with van der Waals surface area (Å²) in [5.41, 5.74) is 0.560. The molecule has 1 aliphatic heterocycles. The highest BCUT2D eigenvalue weighted by molar-refractivity contribution is 9.10. The van der Waals surface area contributed by atoms with E-state index in [2.05, 4.69) is 15.9 Å². The van der Waals surface area contributed by atoms with Crippen LogP contribution in [-0.2, 0) is 20.4 Å². The van der Waals surface area contributed by atoms with Crippen molar-refractivity contribution >= 4 is 43.4 Å². The van der Waals surface area contributed by atoms with Gasteiger partial charge in [0.1, 0.15) is 5.82 Å². The number of benzene rings is 1. The van der Waals surface area contributed by atoms with E-state index in [1.54, 1.807) is 17.0 Å². The molecule has 1 amide bonds. The van der Waals surface area contributed by atoms with E-state index in [0.29, 0.717) is 28.8 Å². The molecule has 0 bridgehead atoms. The van der Waals surface area contributed by atoms with Gasteiger partial charge in [-0.1, -0.05) is 35.3 Å². The lowest BCUT2D eigenvalue weighted by atomic mass is 10.2. The van der Waals surface area contributed by atoms with Crippen LogP contribution in [0.3, 0.4) is 0 Å². The maximum Gasteiger partial charge on any atom is 0.232 e. The number of carbonyl (C=O) groups is 1. The average molecular weight is 452 g/mol. The summed E-state index contributed by atoms with van der Waals surface area (Å²) in [5, 5.41) is 0. The fourth-order valence-electron chi connectivity index (χ4n) is 2.83. The van der Waals surface area contributed by atoms with Gasteiger partial charge in [0, 0.05) is 22.8 Å². The Morgan fingerprint density at radius 3 is 2.80 bits per heavy atom. The minimum atomic E-state index is -3.03. The zero-order valence-corrected chi connectivity index (χ0v) is 17.4. The summed E-state index contributed by atoms with van der Waals surface area (Å²) in [6, 6.07) is 4.68. The lowest BCUT2D eigenvalue weighted by Crippen LogP contribution is -2.42. The summed E-state index contributed by atoms with van der Waals surface area (Å²) in [5.74, 6) is 0.516. The summed E-state index contributed by atoms with van der Waals surface area (Å²) in [6.45, 7) is 2.63. The van der Waals surface area contributed by atoms with Crippen LogP contribution >= 0.6 is 27.7 Å². The molecule has 1 heterocycles. The maximum absolute atomic E-state index is 13.8. The monoisotopic (exact) mass is 451 g/mol. The number of hydrogen-bond acceptors (Lipinski definition) is 4. The smallest absolute Gasteiger partial charge is 0.232 e. The third-order valence-electron chi connectivity index (χ3n) is 4.22. The van der Waals surface area contributed by atoms with Gasteiger partial charge in [0.25, 0.3) is 0 Å². The molecule has 1 aliphatic rings. The third kappa shape index (κ3) is 6.25. The Kier molecular flexibility index (Phi) is 7.76. The number of nitrogens with zero attached hydrogens (tertiary/aromatic N) is 1. The Morgan fingerprint density at radius 2 is 2.20 bits per heavy atom. The van der Waals surface area contributed by atoms with Gasteiger partial charge in [-0.15, -0.1) is 11.8 Å². The quantitative estimate of drug-likeness (QED) is 0.605. The van der Waals surface area contributed by atoms with Crippen LogP contribution < -0.4 is 0 Å². The summed E-state index contributed by atoms with van der Waals surface area (Å²) >= 11 is 4.58. The highest BCUT2D eigenvalue weighted by atomic mass is 79.9. The van der Waals surface area contributed by atoms with Crippen molar-refractivity contribution in [2.75, 3.05) is 23.8 Å². The highest BCUT2D eigenvalue weighted by Crippen LogP contribution is 2.22. The minimum absolute atomic E-state index is 0.0573. The Labute approximate surface area is 161 Å². The zero-order valence-electron chi connectivity index (χ0n) is 14.2. The van der Waals surface area contributed by atoms with Gasteiger partial charge in [0.15, 0.2) is 9.84 Å². The van der Waals surface area contributed by atoms with Crippen LogP contribution in [0.25, 0.3) is 0 Å². The SMILES string of the molecule is CCCCN(C(=O)CSCc1ccc(Br)cc1F)C1CCS(=O)(=O)C1. The molecule has 1 aromatic carbocycles. The van der Waals surface area contributed by atoms with Crippen LogP contribution in [0, 0.1) is 5.82 Å². The fourth-order valence-corrected chi connectivity index (χ4v) is 5.79. The number of rotatable bonds is 8. The van der Waals surface area contributed by atoms with Crippen LogP contribution in [0.2, 0.25) is 0 Å². The standard InChI is InChI=1S/C17H23BrFNO3S2/c1-2-3-7-20(15-6-8-25(22,23)12-15)17(21)11-24-10-13-4-5-14(18)9-16(13)19/h4-5,9,15H,2-3,6-8,10-12H2,1H3. The first-order valence-corrected chi connectivity index (χ1v) is 12.1. The summed E-state index contributed by atoms with van der Waals surface area (Å²) in [6.07, 6.45) is 2.32. The van der Waals surface area contributed by atoms with Gasteiger partial charge in [-0.2, -0.15) is 0 Å². The lowest BCUT2D eigenvalue weighted by molar-refractivity contribution is -0.130. The lowest BCUT2D eigenvalue weighted by Gasteiger charge is -2.28. The second-order valence-electron chi connectivity index (χ2n) is 6.23. The molecule has 8 heteroatoms. The van der Waals surface area contributed by atoms with E-state index in [-0.39, 0.29) is 35.0 Å². The van der Waals surface area contributed by atoms with Crippen molar-refractivity contribution < 1.29 is 17.6 Å². The van der Waals surface area contributed by atoms with Crippen LogP contribution in [-0.4, -0.2) is 49.1 Å². The summed E-state index contributed by atoms with van der Waals surface area (Å²) in [4.78, 5) is 14.3. The molecule has 0 aromatic heterocycles. The van der Waals surface area contributed by atoms with Crippen LogP contribution in [0.4, 0.5) is 4.39 Å². The predicted octanol–water partition coefficient (Wildman–Crippen LogP) is 3.64. The van der Waals surface area contributed by atoms with E-state index >= 15 is 0 Å². The maximum atomic E-state index is 13.8. The molecule has 1 aromatic rings. The van der Waals surface area contributed by atoms with E-state index in [1.165, 1.54) is 17.8 Å². The first kappa shape index (κ1) is 20.7. The number of hydrogen-bond donors (Lipinski definition) is 0. The number of carbonyl (C=O) groups excluding carboxylic acids is 1.